The first-order valence-corrected chi connectivity index (χ1v) is 23.2. The van der Waals surface area contributed by atoms with Crippen molar-refractivity contribution >= 4 is 19.8 Å². The van der Waals surface area contributed by atoms with Gasteiger partial charge < -0.3 is 39.9 Å². The number of hydrogen-bond acceptors (Lipinski definition) is 12. The van der Waals surface area contributed by atoms with Crippen molar-refractivity contribution in [3.05, 3.63) is 109 Å². The third-order valence-electron chi connectivity index (χ3n) is 9.20. The van der Waals surface area contributed by atoms with Crippen LogP contribution in [0, 0.1) is 0 Å². The van der Waals surface area contributed by atoms with E-state index in [1.165, 1.54) is 0 Å². The number of carbonyl (C=O) groups is 2. The van der Waals surface area contributed by atoms with Gasteiger partial charge in [0.15, 0.2) is 6.10 Å². The van der Waals surface area contributed by atoms with Crippen LogP contribution in [0.1, 0.15) is 117 Å². The van der Waals surface area contributed by atoms with Gasteiger partial charge in [0.2, 0.25) is 0 Å². The molecule has 1 saturated carbocycles. The van der Waals surface area contributed by atoms with Crippen molar-refractivity contribution in [3.8, 4) is 0 Å². The Labute approximate surface area is 363 Å². The molecule has 0 aromatic rings. The number of phosphoric ester groups is 1. The summed E-state index contributed by atoms with van der Waals surface area (Å²) >= 11 is 0. The van der Waals surface area contributed by atoms with Crippen LogP contribution in [0.3, 0.4) is 0 Å². The first-order valence-electron chi connectivity index (χ1n) is 21.7. The van der Waals surface area contributed by atoms with Gasteiger partial charge in [0.05, 0.1) is 6.61 Å². The van der Waals surface area contributed by atoms with Crippen LogP contribution in [0.5, 0.6) is 0 Å². The second kappa shape index (κ2) is 36.0. The van der Waals surface area contributed by atoms with Gasteiger partial charge in [-0.05, 0) is 70.6 Å². The number of unbranched alkanes of at least 4 members (excludes halogenated alkanes) is 6. The summed E-state index contributed by atoms with van der Waals surface area (Å²) in [5, 5.41) is 50.1. The Kier molecular flexibility index (Phi) is 32.8. The lowest BCUT2D eigenvalue weighted by Crippen LogP contribution is -2.64. The number of phosphoric acid groups is 1. The van der Waals surface area contributed by atoms with Crippen LogP contribution in [-0.4, -0.2) is 98.3 Å². The van der Waals surface area contributed by atoms with Crippen LogP contribution in [0.4, 0.5) is 0 Å². The van der Waals surface area contributed by atoms with Crippen LogP contribution in [0.2, 0.25) is 0 Å². The molecular formula is C47H73O13P. The van der Waals surface area contributed by atoms with Gasteiger partial charge >= 0.3 is 19.8 Å². The molecule has 1 aliphatic rings. The lowest BCUT2D eigenvalue weighted by molar-refractivity contribution is -0.220. The lowest BCUT2D eigenvalue weighted by Gasteiger charge is -2.41. The van der Waals surface area contributed by atoms with Crippen molar-refractivity contribution in [2.24, 2.45) is 0 Å². The number of rotatable bonds is 33. The van der Waals surface area contributed by atoms with Crippen molar-refractivity contribution in [1.29, 1.82) is 0 Å². The normalized spacial score (nSPS) is 23.1. The molecule has 0 amide bonds. The standard InChI is InChI=1S/C47H73O13P/c1-3-5-7-9-11-13-15-17-19-20-22-24-26-28-30-32-34-36-41(49)59-39(38-58-61(55,56)60-47-45(53)43(51)42(50)44(52)46(47)54)37-57-40(48)35-33-31-29-27-25-23-21-18-16-14-12-10-8-6-4-2/h5-8,10-14,16-19,21-22,24,28,30,39,42-47,50-54H,3-4,9,15,20,23,25-27,29,31-38H2,1-2H3,(H,55,56)/b7-5+,8-6+,12-10+,13-11+,16-14+,19-17+,21-18+,24-22+,30-28+/t39-,42?,43+,44?,45?,46?,47?/m1/s1. The summed E-state index contributed by atoms with van der Waals surface area (Å²) in [6.07, 6.45) is 35.8. The van der Waals surface area contributed by atoms with E-state index < -0.39 is 75.7 Å². The molecule has 1 rings (SSSR count). The number of allylic oxidation sites excluding steroid dienone is 18. The Morgan fingerprint density at radius 2 is 0.984 bits per heavy atom. The zero-order valence-corrected chi connectivity index (χ0v) is 37.0. The van der Waals surface area contributed by atoms with E-state index >= 15 is 0 Å². The zero-order valence-electron chi connectivity index (χ0n) is 36.1. The molecule has 8 atom stereocenters. The molecule has 0 bridgehead atoms. The van der Waals surface area contributed by atoms with E-state index in [0.29, 0.717) is 19.3 Å². The Hall–Kier alpha value is -3.49. The minimum absolute atomic E-state index is 0.00534. The smallest absolute Gasteiger partial charge is 0.462 e. The van der Waals surface area contributed by atoms with E-state index in [9.17, 15) is 44.6 Å². The fourth-order valence-corrected chi connectivity index (χ4v) is 6.72. The summed E-state index contributed by atoms with van der Waals surface area (Å²) in [5.74, 6) is -1.21. The topological polar surface area (TPSA) is 210 Å². The largest absolute Gasteiger partial charge is 0.472 e. The van der Waals surface area contributed by atoms with Crippen LogP contribution in [0.15, 0.2) is 109 Å². The Morgan fingerprint density at radius 3 is 1.57 bits per heavy atom. The molecule has 6 N–H and O–H groups in total. The molecule has 13 nitrogen and oxygen atoms in total. The monoisotopic (exact) mass is 876 g/mol. The predicted molar refractivity (Wildman–Crippen MR) is 239 cm³/mol. The highest BCUT2D eigenvalue weighted by Gasteiger charge is 2.51. The average molecular weight is 877 g/mol. The minimum Gasteiger partial charge on any atom is -0.462 e. The van der Waals surface area contributed by atoms with E-state index in [0.717, 1.165) is 70.6 Å². The van der Waals surface area contributed by atoms with Crippen molar-refractivity contribution in [2.75, 3.05) is 13.2 Å². The van der Waals surface area contributed by atoms with Gasteiger partial charge in [-0.3, -0.25) is 18.6 Å². The SMILES string of the molecule is CC/C=C/C=C/C=C/C=C/CCCCCCCC(=O)OC[C@H](COP(=O)(O)OC1C(O)C(O)C(O)[C@H](O)C1O)OC(=O)CCC/C=C/C/C=C/C/C=C/C/C=C/C/C=C/CC. The predicted octanol–water partition coefficient (Wildman–Crippen LogP) is 8.05. The van der Waals surface area contributed by atoms with Crippen molar-refractivity contribution in [3.63, 3.8) is 0 Å². The molecule has 0 aromatic carbocycles. The molecule has 6 unspecified atom stereocenters. The fourth-order valence-electron chi connectivity index (χ4n) is 5.74. The van der Waals surface area contributed by atoms with Gasteiger partial charge in [-0.1, -0.05) is 142 Å². The summed E-state index contributed by atoms with van der Waals surface area (Å²) in [6.45, 7) is 2.95. The van der Waals surface area contributed by atoms with Crippen LogP contribution < -0.4 is 0 Å². The van der Waals surface area contributed by atoms with Crippen LogP contribution >= 0.6 is 7.82 Å². The number of aliphatic hydroxyl groups excluding tert-OH is 5. The maximum absolute atomic E-state index is 12.8. The summed E-state index contributed by atoms with van der Waals surface area (Å²) < 4.78 is 33.4. The van der Waals surface area contributed by atoms with E-state index in [4.69, 9.17) is 18.5 Å². The summed E-state index contributed by atoms with van der Waals surface area (Å²) in [7, 11) is -5.15. The molecule has 1 aliphatic carbocycles. The van der Waals surface area contributed by atoms with E-state index in [2.05, 4.69) is 74.6 Å². The quantitative estimate of drug-likeness (QED) is 0.0121. The van der Waals surface area contributed by atoms with Crippen molar-refractivity contribution in [1.82, 2.24) is 0 Å². The molecule has 0 aliphatic heterocycles. The fraction of sp³-hybridized carbons (Fsp3) is 0.574. The third-order valence-corrected chi connectivity index (χ3v) is 10.2. The molecule has 0 radical (unpaired) electrons. The van der Waals surface area contributed by atoms with Crippen molar-refractivity contribution in [2.45, 2.75) is 159 Å². The molecule has 0 heterocycles. The number of ether oxygens (including phenoxy) is 2. The summed E-state index contributed by atoms with van der Waals surface area (Å²) in [4.78, 5) is 35.6. The van der Waals surface area contributed by atoms with Gasteiger partial charge in [0, 0.05) is 12.8 Å². The van der Waals surface area contributed by atoms with E-state index in [-0.39, 0.29) is 12.8 Å². The van der Waals surface area contributed by atoms with Gasteiger partial charge in [-0.2, -0.15) is 0 Å². The maximum Gasteiger partial charge on any atom is 0.472 e. The van der Waals surface area contributed by atoms with Gasteiger partial charge in [0.1, 0.15) is 43.2 Å². The average Bonchev–Trinajstić information content (AvgIpc) is 3.24. The molecule has 0 spiro atoms. The number of aliphatic hydroxyl groups is 5. The minimum atomic E-state index is -5.15. The van der Waals surface area contributed by atoms with Gasteiger partial charge in [0.25, 0.3) is 0 Å². The van der Waals surface area contributed by atoms with E-state index in [1.54, 1.807) is 0 Å². The van der Waals surface area contributed by atoms with Gasteiger partial charge in [-0.15, -0.1) is 0 Å². The Morgan fingerprint density at radius 1 is 0.525 bits per heavy atom. The zero-order chi connectivity index (χ0) is 45.0. The summed E-state index contributed by atoms with van der Waals surface area (Å²) in [6, 6.07) is 0. The second-order valence-corrected chi connectivity index (χ2v) is 15.9. The first kappa shape index (κ1) is 55.5. The molecule has 1 fully saturated rings. The second-order valence-electron chi connectivity index (χ2n) is 14.5. The maximum atomic E-state index is 12.8. The molecule has 61 heavy (non-hydrogen) atoms. The highest BCUT2D eigenvalue weighted by molar-refractivity contribution is 7.47. The highest BCUT2D eigenvalue weighted by atomic mass is 31.2. The Balaban J connectivity index is 2.56. The number of esters is 2. The van der Waals surface area contributed by atoms with Crippen LogP contribution in [0.25, 0.3) is 0 Å². The molecule has 344 valence electrons. The van der Waals surface area contributed by atoms with Crippen molar-refractivity contribution < 1.29 is 63.1 Å². The lowest BCUT2D eigenvalue weighted by atomic mass is 9.85. The Bertz CT molecular complexity index is 1480. The summed E-state index contributed by atoms with van der Waals surface area (Å²) in [5.41, 5.74) is 0. The van der Waals surface area contributed by atoms with Gasteiger partial charge in [-0.25, -0.2) is 4.57 Å². The number of hydrogen-bond donors (Lipinski definition) is 6. The number of carbonyl (C=O) groups excluding carboxylic acids is 2. The molecule has 0 aromatic heterocycles. The van der Waals surface area contributed by atoms with E-state index in [1.807, 2.05) is 48.6 Å². The molecular weight excluding hydrogens is 803 g/mol. The molecule has 0 saturated heterocycles. The van der Waals surface area contributed by atoms with Crippen LogP contribution in [-0.2, 0) is 32.7 Å². The molecule has 14 heteroatoms. The highest BCUT2D eigenvalue weighted by Crippen LogP contribution is 2.47. The third kappa shape index (κ3) is 28.7. The first-order chi connectivity index (χ1) is 29.4.